The van der Waals surface area contributed by atoms with Crippen molar-refractivity contribution < 1.29 is 10.3 Å². The Labute approximate surface area is 64.6 Å². The van der Waals surface area contributed by atoms with Crippen molar-refractivity contribution in [2.75, 3.05) is 0 Å². The molecule has 0 aromatic carbocycles. The lowest BCUT2D eigenvalue weighted by Crippen LogP contribution is -2.07. The average Bonchev–Trinajstić information content (AvgIpc) is 1.82. The van der Waals surface area contributed by atoms with Crippen LogP contribution in [0, 0.1) is 15.5 Å². The molecule has 0 aromatic rings. The Bertz CT molecular complexity index is 122. The second-order valence-corrected chi connectivity index (χ2v) is 1.87. The zero-order valence-electron chi connectivity index (χ0n) is 6.41. The molecule has 0 aliphatic rings. The van der Waals surface area contributed by atoms with Gasteiger partial charge < -0.3 is 10.9 Å². The van der Waals surface area contributed by atoms with Crippen LogP contribution >= 0.6 is 0 Å². The van der Waals surface area contributed by atoms with Crippen LogP contribution in [0.2, 0.25) is 0 Å². The van der Waals surface area contributed by atoms with Crippen LogP contribution in [0.4, 0.5) is 0 Å². The summed E-state index contributed by atoms with van der Waals surface area (Å²) in [6, 6.07) is 0. The minimum atomic E-state index is -1.50. The fourth-order valence-electron chi connectivity index (χ4n) is 0.367. The van der Waals surface area contributed by atoms with E-state index < -0.39 is 5.09 Å². The molecule has 0 spiro atoms. The molecular formula is C5H13N3O3. The van der Waals surface area contributed by atoms with Gasteiger partial charge in [-0.2, -0.15) is 0 Å². The van der Waals surface area contributed by atoms with E-state index in [1.54, 1.807) is 0 Å². The molecule has 0 aliphatic carbocycles. The summed E-state index contributed by atoms with van der Waals surface area (Å²) in [4.78, 5) is 8.36. The standard InChI is InChI=1S/C5H12N2.HNO3/c1-2-3-4-5(6)7;2-1(3)4/h2-4H2,1H3,(H3,6,7);(H,2,3,4). The molecule has 11 heavy (non-hydrogen) atoms. The minimum Gasteiger partial charge on any atom is -0.388 e. The molecule has 0 saturated carbocycles. The maximum absolute atomic E-state index is 8.36. The lowest BCUT2D eigenvalue weighted by molar-refractivity contribution is -0.742. The van der Waals surface area contributed by atoms with E-state index in [1.807, 2.05) is 0 Å². The summed E-state index contributed by atoms with van der Waals surface area (Å²) in [6.45, 7) is 2.09. The van der Waals surface area contributed by atoms with Gasteiger partial charge in [-0.3, -0.25) is 5.41 Å². The van der Waals surface area contributed by atoms with Gasteiger partial charge in [0.05, 0.1) is 5.84 Å². The van der Waals surface area contributed by atoms with Crippen LogP contribution in [-0.2, 0) is 0 Å². The van der Waals surface area contributed by atoms with Crippen molar-refractivity contribution in [2.45, 2.75) is 26.2 Å². The van der Waals surface area contributed by atoms with Gasteiger partial charge in [0.1, 0.15) is 0 Å². The van der Waals surface area contributed by atoms with Crippen LogP contribution in [0.5, 0.6) is 0 Å². The van der Waals surface area contributed by atoms with Crippen molar-refractivity contribution in [3.8, 4) is 0 Å². The first-order valence-corrected chi connectivity index (χ1v) is 3.16. The van der Waals surface area contributed by atoms with Crippen LogP contribution in [-0.4, -0.2) is 16.1 Å². The highest BCUT2D eigenvalue weighted by Gasteiger charge is 1.83. The molecule has 0 saturated heterocycles. The molecule has 4 N–H and O–H groups in total. The van der Waals surface area contributed by atoms with Crippen molar-refractivity contribution >= 4 is 5.84 Å². The van der Waals surface area contributed by atoms with Crippen molar-refractivity contribution in [1.29, 1.82) is 5.41 Å². The number of nitrogens with one attached hydrogen (secondary N) is 1. The second-order valence-electron chi connectivity index (χ2n) is 1.87. The Kier molecular flexibility index (Phi) is 9.74. The number of nitrogens with two attached hydrogens (primary N) is 1. The Hall–Kier alpha value is -1.33. The van der Waals surface area contributed by atoms with Crippen molar-refractivity contribution in [3.05, 3.63) is 10.1 Å². The van der Waals surface area contributed by atoms with Crippen molar-refractivity contribution in [3.63, 3.8) is 0 Å². The van der Waals surface area contributed by atoms with Gasteiger partial charge in [-0.15, -0.1) is 10.1 Å². The fourth-order valence-corrected chi connectivity index (χ4v) is 0.367. The van der Waals surface area contributed by atoms with Crippen LogP contribution in [0.1, 0.15) is 26.2 Å². The maximum atomic E-state index is 8.36. The van der Waals surface area contributed by atoms with Gasteiger partial charge in [0.25, 0.3) is 5.09 Å². The van der Waals surface area contributed by atoms with E-state index in [4.69, 9.17) is 26.5 Å². The molecule has 0 radical (unpaired) electrons. The molecule has 0 aliphatic heterocycles. The van der Waals surface area contributed by atoms with E-state index in [1.165, 1.54) is 0 Å². The molecule has 0 aromatic heterocycles. The van der Waals surface area contributed by atoms with E-state index >= 15 is 0 Å². The Morgan fingerprint density at radius 2 is 2.18 bits per heavy atom. The second kappa shape index (κ2) is 8.67. The number of unbranched alkanes of at least 4 members (excludes halogenated alkanes) is 1. The summed E-state index contributed by atoms with van der Waals surface area (Å²) in [5.41, 5.74) is 5.06. The lowest BCUT2D eigenvalue weighted by atomic mass is 10.2. The smallest absolute Gasteiger partial charge is 0.291 e. The Morgan fingerprint density at radius 3 is 2.27 bits per heavy atom. The first-order valence-electron chi connectivity index (χ1n) is 3.16. The zero-order chi connectivity index (χ0) is 9.28. The van der Waals surface area contributed by atoms with Crippen molar-refractivity contribution in [1.82, 2.24) is 0 Å². The molecule has 0 heterocycles. The number of hydrogen-bond acceptors (Lipinski definition) is 3. The first kappa shape index (κ1) is 12.4. The minimum absolute atomic E-state index is 0.307. The van der Waals surface area contributed by atoms with Gasteiger partial charge in [-0.1, -0.05) is 13.3 Å². The summed E-state index contributed by atoms with van der Waals surface area (Å²) < 4.78 is 0. The van der Waals surface area contributed by atoms with Gasteiger partial charge in [0, 0.05) is 6.42 Å². The lowest BCUT2D eigenvalue weighted by Gasteiger charge is -1.90. The summed E-state index contributed by atoms with van der Waals surface area (Å²) in [6.07, 6.45) is 2.94. The molecule has 6 nitrogen and oxygen atoms in total. The highest BCUT2D eigenvalue weighted by atomic mass is 16.9. The van der Waals surface area contributed by atoms with Gasteiger partial charge in [0.2, 0.25) is 0 Å². The summed E-state index contributed by atoms with van der Waals surface area (Å²) in [5.74, 6) is 0.307. The summed E-state index contributed by atoms with van der Waals surface area (Å²) >= 11 is 0. The van der Waals surface area contributed by atoms with Crippen LogP contribution < -0.4 is 5.73 Å². The molecule has 0 unspecified atom stereocenters. The highest BCUT2D eigenvalue weighted by Crippen LogP contribution is 1.90. The topological polar surface area (TPSA) is 113 Å². The summed E-state index contributed by atoms with van der Waals surface area (Å²) in [5, 5.41) is 20.4. The molecule has 0 atom stereocenters. The first-order chi connectivity index (χ1) is 5.00. The SMILES string of the molecule is CCCCC(=N)N.O=[N+]([O-])O. The fraction of sp³-hybridized carbons (Fsp3) is 0.800. The van der Waals surface area contributed by atoms with Gasteiger partial charge in [-0.05, 0) is 6.42 Å². The average molecular weight is 163 g/mol. The molecule has 66 valence electrons. The number of amidine groups is 1. The van der Waals surface area contributed by atoms with Gasteiger partial charge in [0.15, 0.2) is 0 Å². The maximum Gasteiger partial charge on any atom is 0.291 e. The number of hydrogen-bond donors (Lipinski definition) is 3. The normalized spacial score (nSPS) is 7.73. The van der Waals surface area contributed by atoms with Crippen molar-refractivity contribution in [2.24, 2.45) is 5.73 Å². The van der Waals surface area contributed by atoms with E-state index in [9.17, 15) is 0 Å². The molecule has 0 rings (SSSR count). The van der Waals surface area contributed by atoms with Crippen LogP contribution in [0.3, 0.4) is 0 Å². The van der Waals surface area contributed by atoms with Gasteiger partial charge in [-0.25, -0.2) is 0 Å². The van der Waals surface area contributed by atoms with Crippen LogP contribution in [0.25, 0.3) is 0 Å². The molecule has 6 heteroatoms. The molecule has 0 bridgehead atoms. The van der Waals surface area contributed by atoms with E-state index in [0.717, 1.165) is 19.3 Å². The predicted octanol–water partition coefficient (Wildman–Crippen LogP) is 0.765. The number of rotatable bonds is 3. The van der Waals surface area contributed by atoms with Gasteiger partial charge >= 0.3 is 0 Å². The molecular weight excluding hydrogens is 150 g/mol. The van der Waals surface area contributed by atoms with Crippen LogP contribution in [0.15, 0.2) is 0 Å². The van der Waals surface area contributed by atoms with E-state index in [0.29, 0.717) is 5.84 Å². The molecule has 0 amide bonds. The quantitative estimate of drug-likeness (QED) is 0.246. The number of nitrogens with zero attached hydrogens (tertiary/aromatic N) is 1. The Balaban J connectivity index is 0. The summed E-state index contributed by atoms with van der Waals surface area (Å²) in [7, 11) is 0. The largest absolute Gasteiger partial charge is 0.388 e. The third-order valence-corrected chi connectivity index (χ3v) is 0.800. The zero-order valence-corrected chi connectivity index (χ0v) is 6.41. The highest BCUT2D eigenvalue weighted by molar-refractivity contribution is 5.76. The monoisotopic (exact) mass is 163 g/mol. The Morgan fingerprint density at radius 1 is 1.82 bits per heavy atom. The van der Waals surface area contributed by atoms with E-state index in [-0.39, 0.29) is 0 Å². The predicted molar refractivity (Wildman–Crippen MR) is 40.2 cm³/mol. The molecule has 0 fully saturated rings. The van der Waals surface area contributed by atoms with E-state index in [2.05, 4.69) is 6.92 Å². The third kappa shape index (κ3) is 54.1. The third-order valence-electron chi connectivity index (χ3n) is 0.800.